The molecule has 1 fully saturated rings. The lowest BCUT2D eigenvalue weighted by Crippen LogP contribution is -2.46. The van der Waals surface area contributed by atoms with Crippen LogP contribution in [-0.2, 0) is 11.2 Å². The normalized spacial score (nSPS) is 19.3. The minimum absolute atomic E-state index is 0.135. The summed E-state index contributed by atoms with van der Waals surface area (Å²) in [5.74, 6) is -0.569. The second kappa shape index (κ2) is 7.61. The van der Waals surface area contributed by atoms with E-state index in [2.05, 4.69) is 15.0 Å². The van der Waals surface area contributed by atoms with Crippen LogP contribution in [0.15, 0.2) is 42.6 Å². The lowest BCUT2D eigenvalue weighted by atomic mass is 9.93. The summed E-state index contributed by atoms with van der Waals surface area (Å²) in [7, 11) is 0. The van der Waals surface area contributed by atoms with E-state index < -0.39 is 29.6 Å². The molecule has 0 radical (unpaired) electrons. The molecule has 1 saturated heterocycles. The number of rotatable bonds is 6. The number of carbonyl (C=O) groups is 2. The maximum atomic E-state index is 13.0. The summed E-state index contributed by atoms with van der Waals surface area (Å²) in [6.45, 7) is 3.83. The number of nitrogens with one attached hydrogen (secondary N) is 1. The monoisotopic (exact) mass is 409 g/mol. The summed E-state index contributed by atoms with van der Waals surface area (Å²) in [6.07, 6.45) is -3.10. The van der Waals surface area contributed by atoms with Gasteiger partial charge in [0.2, 0.25) is 5.88 Å². The number of carbonyl (C=O) groups excluding carboxylic acids is 2. The quantitative estimate of drug-likeness (QED) is 0.740. The van der Waals surface area contributed by atoms with Crippen molar-refractivity contribution in [2.24, 2.45) is 0 Å². The molecule has 7 nitrogen and oxygen atoms in total. The lowest BCUT2D eigenvalue weighted by molar-refractivity contribution is -0.274. The van der Waals surface area contributed by atoms with Crippen LogP contribution in [0.25, 0.3) is 0 Å². The Bertz CT molecular complexity index is 918. The number of ether oxygens (including phenoxy) is 2. The van der Waals surface area contributed by atoms with Crippen LogP contribution in [0.1, 0.15) is 19.4 Å². The highest BCUT2D eigenvalue weighted by Crippen LogP contribution is 2.30. The summed E-state index contributed by atoms with van der Waals surface area (Å²) in [5, 5.41) is 2.65. The molecular formula is C19H18F3N3O4. The van der Waals surface area contributed by atoms with E-state index in [0.717, 1.165) is 22.6 Å². The predicted octanol–water partition coefficient (Wildman–Crippen LogP) is 3.44. The van der Waals surface area contributed by atoms with Crippen molar-refractivity contribution in [3.63, 3.8) is 0 Å². The molecule has 0 bridgehead atoms. The molecule has 10 heteroatoms. The SMILES string of the molecule is CCOc1cc(CC2(C)NC(=O)N(c3ccc(OC(F)(F)F)cc3)C2=O)ccn1. The molecule has 0 aliphatic carbocycles. The number of imide groups is 1. The first-order valence-electron chi connectivity index (χ1n) is 8.71. The van der Waals surface area contributed by atoms with Gasteiger partial charge < -0.3 is 14.8 Å². The van der Waals surface area contributed by atoms with Crippen molar-refractivity contribution in [2.45, 2.75) is 32.2 Å². The van der Waals surface area contributed by atoms with Gasteiger partial charge in [0.1, 0.15) is 11.3 Å². The second-order valence-electron chi connectivity index (χ2n) is 6.56. The molecule has 0 spiro atoms. The molecular weight excluding hydrogens is 391 g/mol. The minimum Gasteiger partial charge on any atom is -0.478 e. The third-order valence-corrected chi connectivity index (χ3v) is 4.24. The summed E-state index contributed by atoms with van der Waals surface area (Å²) >= 11 is 0. The number of hydrogen-bond acceptors (Lipinski definition) is 5. The van der Waals surface area contributed by atoms with E-state index in [1.54, 1.807) is 25.3 Å². The molecule has 2 aromatic rings. The van der Waals surface area contributed by atoms with Crippen molar-refractivity contribution in [2.75, 3.05) is 11.5 Å². The number of alkyl halides is 3. The van der Waals surface area contributed by atoms with E-state index in [-0.39, 0.29) is 12.1 Å². The highest BCUT2D eigenvalue weighted by molar-refractivity contribution is 6.23. The Morgan fingerprint density at radius 1 is 1.17 bits per heavy atom. The Morgan fingerprint density at radius 3 is 2.48 bits per heavy atom. The Morgan fingerprint density at radius 2 is 1.86 bits per heavy atom. The molecule has 3 amide bonds. The molecule has 1 aromatic carbocycles. The maximum Gasteiger partial charge on any atom is 0.573 e. The molecule has 1 aliphatic heterocycles. The second-order valence-corrected chi connectivity index (χ2v) is 6.56. The van der Waals surface area contributed by atoms with Crippen molar-refractivity contribution >= 4 is 17.6 Å². The number of nitrogens with zero attached hydrogens (tertiary/aromatic N) is 2. The Hall–Kier alpha value is -3.30. The summed E-state index contributed by atoms with van der Waals surface area (Å²) in [4.78, 5) is 30.3. The van der Waals surface area contributed by atoms with Crippen LogP contribution < -0.4 is 19.7 Å². The molecule has 1 unspecified atom stereocenters. The average molecular weight is 409 g/mol. The molecule has 3 rings (SSSR count). The van der Waals surface area contributed by atoms with Gasteiger partial charge in [-0.25, -0.2) is 14.7 Å². The fraction of sp³-hybridized carbons (Fsp3) is 0.316. The summed E-state index contributed by atoms with van der Waals surface area (Å²) < 4.78 is 46.0. The van der Waals surface area contributed by atoms with Gasteiger partial charge in [-0.1, -0.05) is 0 Å². The summed E-state index contributed by atoms with van der Waals surface area (Å²) in [5.41, 5.74) is -0.367. The van der Waals surface area contributed by atoms with Crippen LogP contribution in [0.5, 0.6) is 11.6 Å². The van der Waals surface area contributed by atoms with Crippen LogP contribution in [-0.4, -0.2) is 35.4 Å². The minimum atomic E-state index is -4.83. The Balaban J connectivity index is 1.79. The third kappa shape index (κ3) is 4.58. The standard InChI is InChI=1S/C19H18F3N3O4/c1-3-28-15-10-12(8-9-23-15)11-18(2)16(26)25(17(27)24-18)13-4-6-14(7-5-13)29-19(20,21)22/h4-10H,3,11H2,1-2H3,(H,24,27). The number of benzene rings is 1. The first-order valence-corrected chi connectivity index (χ1v) is 8.71. The zero-order valence-corrected chi connectivity index (χ0v) is 15.6. The fourth-order valence-electron chi connectivity index (χ4n) is 3.03. The van der Waals surface area contributed by atoms with Gasteiger partial charge in [-0.3, -0.25) is 4.79 Å². The van der Waals surface area contributed by atoms with Crippen molar-refractivity contribution < 1.29 is 32.2 Å². The van der Waals surface area contributed by atoms with E-state index in [1.165, 1.54) is 12.1 Å². The number of anilines is 1. The van der Waals surface area contributed by atoms with Gasteiger partial charge in [0.05, 0.1) is 12.3 Å². The highest BCUT2D eigenvalue weighted by Gasteiger charge is 2.48. The van der Waals surface area contributed by atoms with Gasteiger partial charge in [-0.05, 0) is 49.7 Å². The van der Waals surface area contributed by atoms with Gasteiger partial charge in [0, 0.05) is 18.7 Å². The Kier molecular flexibility index (Phi) is 5.36. The van der Waals surface area contributed by atoms with E-state index in [9.17, 15) is 22.8 Å². The van der Waals surface area contributed by atoms with Gasteiger partial charge in [-0.2, -0.15) is 0 Å². The van der Waals surface area contributed by atoms with Crippen molar-refractivity contribution in [1.82, 2.24) is 10.3 Å². The fourth-order valence-corrected chi connectivity index (χ4v) is 3.03. The van der Waals surface area contributed by atoms with Crippen LogP contribution in [0, 0.1) is 0 Å². The molecule has 154 valence electrons. The number of pyridine rings is 1. The maximum absolute atomic E-state index is 13.0. The average Bonchev–Trinajstić information content (AvgIpc) is 2.84. The predicted molar refractivity (Wildman–Crippen MR) is 96.7 cm³/mol. The first kappa shape index (κ1) is 20.4. The number of aromatic nitrogens is 1. The van der Waals surface area contributed by atoms with E-state index in [4.69, 9.17) is 4.74 Å². The first-order chi connectivity index (χ1) is 13.6. The molecule has 1 aliphatic rings. The van der Waals surface area contributed by atoms with Crippen LogP contribution in [0.3, 0.4) is 0 Å². The largest absolute Gasteiger partial charge is 0.573 e. The number of amides is 3. The Labute approximate surface area is 164 Å². The third-order valence-electron chi connectivity index (χ3n) is 4.24. The van der Waals surface area contributed by atoms with Gasteiger partial charge in [0.25, 0.3) is 5.91 Å². The van der Waals surface area contributed by atoms with E-state index >= 15 is 0 Å². The van der Waals surface area contributed by atoms with Crippen LogP contribution in [0.2, 0.25) is 0 Å². The highest BCUT2D eigenvalue weighted by atomic mass is 19.4. The molecule has 1 aromatic heterocycles. The molecule has 2 heterocycles. The van der Waals surface area contributed by atoms with Crippen molar-refractivity contribution in [3.8, 4) is 11.6 Å². The lowest BCUT2D eigenvalue weighted by Gasteiger charge is -2.22. The van der Waals surface area contributed by atoms with Crippen LogP contribution >= 0.6 is 0 Å². The van der Waals surface area contributed by atoms with Crippen molar-refractivity contribution in [3.05, 3.63) is 48.2 Å². The van der Waals surface area contributed by atoms with E-state index in [1.807, 2.05) is 6.92 Å². The topological polar surface area (TPSA) is 80.8 Å². The van der Waals surface area contributed by atoms with E-state index in [0.29, 0.717) is 12.5 Å². The summed E-state index contributed by atoms with van der Waals surface area (Å²) in [6, 6.07) is 7.22. The number of hydrogen-bond donors (Lipinski definition) is 1. The number of halogens is 3. The van der Waals surface area contributed by atoms with Gasteiger partial charge >= 0.3 is 12.4 Å². The smallest absolute Gasteiger partial charge is 0.478 e. The zero-order valence-electron chi connectivity index (χ0n) is 15.6. The molecule has 1 atom stereocenters. The molecule has 29 heavy (non-hydrogen) atoms. The molecule has 0 saturated carbocycles. The zero-order chi connectivity index (χ0) is 21.2. The van der Waals surface area contributed by atoms with Gasteiger partial charge in [0.15, 0.2) is 0 Å². The molecule has 1 N–H and O–H groups in total. The van der Waals surface area contributed by atoms with Gasteiger partial charge in [-0.15, -0.1) is 13.2 Å². The van der Waals surface area contributed by atoms with Crippen molar-refractivity contribution in [1.29, 1.82) is 0 Å². The number of urea groups is 1. The van der Waals surface area contributed by atoms with Crippen LogP contribution in [0.4, 0.5) is 23.7 Å².